The number of hydrogen-bond acceptors (Lipinski definition) is 8. The van der Waals surface area contributed by atoms with Crippen molar-refractivity contribution in [1.29, 1.82) is 5.26 Å². The predicted molar refractivity (Wildman–Crippen MR) is 151 cm³/mol. The van der Waals surface area contributed by atoms with Crippen LogP contribution in [-0.4, -0.2) is 26.6 Å². The molecule has 2 aromatic heterocycles. The number of nitrogens with zero attached hydrogens (tertiary/aromatic N) is 4. The number of anilines is 2. The second-order valence-corrected chi connectivity index (χ2v) is 9.46. The van der Waals surface area contributed by atoms with Crippen molar-refractivity contribution in [1.82, 2.24) is 14.5 Å². The van der Waals surface area contributed by atoms with Crippen molar-refractivity contribution >= 4 is 51.1 Å². The van der Waals surface area contributed by atoms with Crippen LogP contribution in [0, 0.1) is 11.3 Å². The summed E-state index contributed by atoms with van der Waals surface area (Å²) >= 11 is 2.24. The number of fused-ring (bicyclic) bond motifs is 1. The zero-order valence-corrected chi connectivity index (χ0v) is 22.7. The third-order valence-electron chi connectivity index (χ3n) is 5.71. The number of alkyl halides is 1. The van der Waals surface area contributed by atoms with Crippen LogP contribution < -0.4 is 16.6 Å². The van der Waals surface area contributed by atoms with Gasteiger partial charge in [-0.15, -0.1) is 0 Å². The van der Waals surface area contributed by atoms with E-state index in [0.29, 0.717) is 26.8 Å². The molecule has 0 radical (unpaired) electrons. The first-order valence-electron chi connectivity index (χ1n) is 11.6. The fourth-order valence-electron chi connectivity index (χ4n) is 4.07. The highest BCUT2D eigenvalue weighted by Gasteiger charge is 2.20. The van der Waals surface area contributed by atoms with Crippen molar-refractivity contribution in [3.05, 3.63) is 87.5 Å². The fraction of sp³-hybridized carbons (Fsp3) is 0.222. The number of aromatic nitrogens is 3. The molecule has 1 atom stereocenters. The number of nitrogens with two attached hydrogens (primary N) is 1. The monoisotopic (exact) mass is 608 g/mol. The molecule has 0 unspecified atom stereocenters. The smallest absolute Gasteiger partial charge is 0.338 e. The van der Waals surface area contributed by atoms with Gasteiger partial charge < -0.3 is 15.8 Å². The van der Waals surface area contributed by atoms with E-state index in [9.17, 15) is 14.9 Å². The lowest BCUT2D eigenvalue weighted by atomic mass is 10.0. The number of halogens is 1. The van der Waals surface area contributed by atoms with Crippen LogP contribution in [0.15, 0.2) is 59.5 Å². The summed E-state index contributed by atoms with van der Waals surface area (Å²) in [7, 11) is 0. The number of esters is 1. The highest BCUT2D eigenvalue weighted by molar-refractivity contribution is 14.1. The number of ether oxygens (including phenoxy) is 1. The van der Waals surface area contributed by atoms with Crippen molar-refractivity contribution in [2.24, 2.45) is 0 Å². The van der Waals surface area contributed by atoms with Crippen molar-refractivity contribution in [3.63, 3.8) is 0 Å². The lowest BCUT2D eigenvalue weighted by Crippen LogP contribution is -2.26. The first kappa shape index (κ1) is 26.1. The third-order valence-corrected chi connectivity index (χ3v) is 6.53. The van der Waals surface area contributed by atoms with E-state index in [2.05, 4.69) is 43.9 Å². The highest BCUT2D eigenvalue weighted by atomic mass is 127. The van der Waals surface area contributed by atoms with Gasteiger partial charge in [0.1, 0.15) is 17.5 Å². The molecule has 37 heavy (non-hydrogen) atoms. The average Bonchev–Trinajstić information content (AvgIpc) is 2.88. The number of carbonyl (C=O) groups excluding carboxylic acids is 1. The van der Waals surface area contributed by atoms with E-state index in [1.165, 1.54) is 6.20 Å². The molecule has 0 amide bonds. The number of benzene rings is 2. The second kappa shape index (κ2) is 11.0. The summed E-state index contributed by atoms with van der Waals surface area (Å²) in [6, 6.07) is 16.0. The Morgan fingerprint density at radius 2 is 1.97 bits per heavy atom. The van der Waals surface area contributed by atoms with Gasteiger partial charge in [-0.1, -0.05) is 46.9 Å². The van der Waals surface area contributed by atoms with E-state index in [1.807, 2.05) is 31.2 Å². The summed E-state index contributed by atoms with van der Waals surface area (Å²) in [5.74, 6) is -0.189. The number of nitrogens with one attached hydrogen (secondary N) is 1. The lowest BCUT2D eigenvalue weighted by molar-refractivity contribution is 0.0378. The summed E-state index contributed by atoms with van der Waals surface area (Å²) in [5, 5.41) is 14.1. The van der Waals surface area contributed by atoms with Gasteiger partial charge in [0, 0.05) is 15.8 Å². The van der Waals surface area contributed by atoms with Crippen LogP contribution in [0.2, 0.25) is 0 Å². The van der Waals surface area contributed by atoms with Crippen LogP contribution in [-0.2, 0) is 9.16 Å². The molecule has 0 aliphatic rings. The molecule has 0 spiro atoms. The zero-order chi connectivity index (χ0) is 26.7. The quantitative estimate of drug-likeness (QED) is 0.172. The first-order valence-corrected chi connectivity index (χ1v) is 13.1. The number of rotatable bonds is 7. The summed E-state index contributed by atoms with van der Waals surface area (Å²) in [5.41, 5.74) is 8.13. The van der Waals surface area contributed by atoms with Gasteiger partial charge in [-0.05, 0) is 56.0 Å². The molecule has 0 fully saturated rings. The number of hydrogen-bond donors (Lipinski definition) is 2. The first-order chi connectivity index (χ1) is 17.7. The zero-order valence-electron chi connectivity index (χ0n) is 20.5. The molecule has 2 aromatic carbocycles. The average molecular weight is 608 g/mol. The van der Waals surface area contributed by atoms with E-state index >= 15 is 0 Å². The van der Waals surface area contributed by atoms with Crippen LogP contribution >= 0.6 is 22.6 Å². The van der Waals surface area contributed by atoms with E-state index in [1.54, 1.807) is 42.7 Å². The Morgan fingerprint density at radius 3 is 2.68 bits per heavy atom. The number of nitrogen functional groups attached to an aromatic ring is 1. The van der Waals surface area contributed by atoms with Crippen LogP contribution in [0.5, 0.6) is 0 Å². The van der Waals surface area contributed by atoms with Crippen molar-refractivity contribution < 1.29 is 9.53 Å². The summed E-state index contributed by atoms with van der Waals surface area (Å²) in [4.78, 5) is 34.7. The Kier molecular flexibility index (Phi) is 7.73. The normalized spacial score (nSPS) is 11.8. The number of nitriles is 1. The standard InChI is InChI=1S/C27H25IN6O3/c1-15(2)37-26(36)18-7-5-9-21(10-18)34-22(11-17-6-4-8-19(12-28)23(17)25(34)35)16(3)32-24-20(13-29)14-31-27(30)33-24/h4-11,14-16H,12H2,1-3H3,(H3,30,31,32,33)/t16-/m0/s1. The minimum Gasteiger partial charge on any atom is -0.459 e. The molecule has 10 heteroatoms. The predicted octanol–water partition coefficient (Wildman–Crippen LogP) is 4.91. The highest BCUT2D eigenvalue weighted by Crippen LogP contribution is 2.27. The summed E-state index contributed by atoms with van der Waals surface area (Å²) in [6.45, 7) is 5.42. The Balaban J connectivity index is 1.93. The maximum absolute atomic E-state index is 14.0. The van der Waals surface area contributed by atoms with Gasteiger partial charge in [-0.2, -0.15) is 10.2 Å². The van der Waals surface area contributed by atoms with Gasteiger partial charge in [0.2, 0.25) is 5.95 Å². The molecule has 3 N–H and O–H groups in total. The Hall–Kier alpha value is -3.98. The molecule has 4 rings (SSSR count). The SMILES string of the molecule is CC(C)OC(=O)c1cccc(-n2c([C@H](C)Nc3nc(N)ncc3C#N)cc3cccc(CI)c3c2=O)c1. The van der Waals surface area contributed by atoms with E-state index in [0.717, 1.165) is 10.9 Å². The molecule has 0 bridgehead atoms. The topological polar surface area (TPSA) is 136 Å². The molecule has 9 nitrogen and oxygen atoms in total. The summed E-state index contributed by atoms with van der Waals surface area (Å²) in [6.07, 6.45) is 1.07. The molecule has 188 valence electrons. The molecule has 0 saturated heterocycles. The Bertz CT molecular complexity index is 1590. The molecule has 0 saturated carbocycles. The minimum atomic E-state index is -0.479. The van der Waals surface area contributed by atoms with Crippen molar-refractivity contribution in [3.8, 4) is 11.8 Å². The van der Waals surface area contributed by atoms with E-state index < -0.39 is 12.0 Å². The van der Waals surface area contributed by atoms with Gasteiger partial charge >= 0.3 is 5.97 Å². The molecular formula is C27H25IN6O3. The van der Waals surface area contributed by atoms with E-state index in [4.69, 9.17) is 10.5 Å². The molecule has 4 aromatic rings. The molecule has 2 heterocycles. The molecule has 0 aliphatic carbocycles. The van der Waals surface area contributed by atoms with Crippen LogP contribution in [0.25, 0.3) is 16.5 Å². The van der Waals surface area contributed by atoms with Crippen LogP contribution in [0.4, 0.5) is 11.8 Å². The second-order valence-electron chi connectivity index (χ2n) is 8.70. The van der Waals surface area contributed by atoms with Crippen molar-refractivity contribution in [2.45, 2.75) is 37.3 Å². The van der Waals surface area contributed by atoms with Gasteiger partial charge in [0.15, 0.2) is 0 Å². The van der Waals surface area contributed by atoms with Gasteiger partial charge in [-0.25, -0.2) is 9.78 Å². The van der Waals surface area contributed by atoms with Gasteiger partial charge in [-0.3, -0.25) is 9.36 Å². The maximum atomic E-state index is 14.0. The maximum Gasteiger partial charge on any atom is 0.338 e. The fourth-order valence-corrected chi connectivity index (χ4v) is 4.71. The Morgan fingerprint density at radius 1 is 1.22 bits per heavy atom. The number of carbonyl (C=O) groups is 1. The van der Waals surface area contributed by atoms with E-state index in [-0.39, 0.29) is 29.0 Å². The van der Waals surface area contributed by atoms with Gasteiger partial charge in [0.25, 0.3) is 5.56 Å². The lowest BCUT2D eigenvalue weighted by Gasteiger charge is -2.22. The molecular weight excluding hydrogens is 583 g/mol. The van der Waals surface area contributed by atoms with Crippen LogP contribution in [0.3, 0.4) is 0 Å². The van der Waals surface area contributed by atoms with Crippen LogP contribution in [0.1, 0.15) is 54.0 Å². The number of pyridine rings is 1. The van der Waals surface area contributed by atoms with Gasteiger partial charge in [0.05, 0.1) is 29.3 Å². The Labute approximate surface area is 227 Å². The largest absolute Gasteiger partial charge is 0.459 e. The van der Waals surface area contributed by atoms with Crippen molar-refractivity contribution in [2.75, 3.05) is 11.1 Å². The summed E-state index contributed by atoms with van der Waals surface area (Å²) < 4.78 is 7.60. The minimum absolute atomic E-state index is 0.0210. The third kappa shape index (κ3) is 5.41. The molecule has 0 aliphatic heterocycles.